The zero-order chi connectivity index (χ0) is 47.4. The zero-order valence-corrected chi connectivity index (χ0v) is 35.2. The maximum atomic E-state index is 15.7. The smallest absolute Gasteiger partial charge is 0.341 e. The number of hydrogen-bond acceptors (Lipinski definition) is 25. The normalized spacial score (nSPS) is 36.3. The highest BCUT2D eigenvalue weighted by Crippen LogP contribution is 2.41. The number of alkyl halides is 1. The zero-order valence-electron chi connectivity index (χ0n) is 35.2. The van der Waals surface area contributed by atoms with Gasteiger partial charge in [-0.1, -0.05) is 12.1 Å². The van der Waals surface area contributed by atoms with Gasteiger partial charge in [-0.15, -0.1) is 0 Å². The van der Waals surface area contributed by atoms with Crippen molar-refractivity contribution in [3.05, 3.63) is 35.4 Å². The van der Waals surface area contributed by atoms with Crippen molar-refractivity contribution in [2.75, 3.05) is 20.3 Å². The number of esters is 6. The van der Waals surface area contributed by atoms with Crippen LogP contribution in [0.3, 0.4) is 0 Å². The first-order valence-corrected chi connectivity index (χ1v) is 19.4. The van der Waals surface area contributed by atoms with Crippen LogP contribution >= 0.6 is 0 Å². The summed E-state index contributed by atoms with van der Waals surface area (Å²) < 4.78 is 79.7. The van der Waals surface area contributed by atoms with Crippen LogP contribution in [-0.4, -0.2) is 186 Å². The predicted octanol–water partition coefficient (Wildman–Crippen LogP) is -2.29. The van der Waals surface area contributed by atoms with Gasteiger partial charge in [-0.25, -0.2) is 23.8 Å². The van der Waals surface area contributed by atoms with Gasteiger partial charge in [-0.05, 0) is 26.0 Å². The third-order valence-corrected chi connectivity index (χ3v) is 9.86. The Morgan fingerprint density at radius 3 is 1.95 bits per heavy atom. The molecule has 16 atom stereocenters. The molecule has 4 fully saturated rings. The van der Waals surface area contributed by atoms with Crippen LogP contribution in [-0.2, 0) is 85.8 Å². The molecular weight excluding hydrogens is 875 g/mol. The first-order valence-electron chi connectivity index (χ1n) is 19.4. The minimum atomic E-state index is -3.39. The average molecular weight is 925 g/mol. The van der Waals surface area contributed by atoms with Gasteiger partial charge in [0.1, 0.15) is 43.2 Å². The van der Waals surface area contributed by atoms with Gasteiger partial charge in [0.05, 0.1) is 17.7 Å². The number of fused-ring (bicyclic) bond motifs is 1. The molecule has 1 aromatic rings. The number of carbonyl (C=O) groups is 6. The van der Waals surface area contributed by atoms with Crippen LogP contribution in [0.4, 0.5) is 4.39 Å². The minimum Gasteiger partial charge on any atom is -0.455 e. The SMILES string of the molecule is CO[C@H]1O[C@H](COO[C@@H]2O[C@H](C(O)OC(=O)c3ccccc3C(=O)O[C@]3(O)C(F)O[C@@H]4COC(C)(C)O[C@H]4[C@@H]3OC(C)=O)[C@@H](OC(C)=O)[C@H](OC(C)=O)[C@H]2OC(C)=O)[C@@H](O)[C@H](O)[C@H]1O. The Hall–Kier alpha value is -4.55. The van der Waals surface area contributed by atoms with E-state index in [9.17, 15) is 54.3 Å². The van der Waals surface area contributed by atoms with Crippen molar-refractivity contribution in [2.45, 2.75) is 145 Å². The number of rotatable bonds is 14. The lowest BCUT2D eigenvalue weighted by atomic mass is 9.94. The third kappa shape index (κ3) is 11.4. The molecule has 25 nitrogen and oxygen atoms in total. The number of aliphatic hydroxyl groups excluding tert-OH is 4. The number of halogens is 1. The molecule has 0 spiro atoms. The highest BCUT2D eigenvalue weighted by Gasteiger charge is 2.64. The van der Waals surface area contributed by atoms with E-state index in [2.05, 4.69) is 0 Å². The molecular formula is C38H49FO25. The standard InChI is InChI=1S/C38H49FO25/c1-14(40)54-26-27(55-15(2)41)29(56-16(3)42)35(64-53-13-20-22(44)23(45)24(46)34(51-7)58-20)60-28(26)33(49)61-31(47)18-10-8-9-11-19(18)32(48)63-38(50)30(57-17(4)43)25-21(59-36(38)39)12-52-37(5,6)62-25/h8-11,20-30,33-36,44-46,49-50H,12-13H2,1-7H3/t20-,21-,22-,23+,24-,25-,26+,27+,28+,29-,30+,33?,34+,35+,36?,38+/m1/s1. The molecule has 4 aliphatic heterocycles. The van der Waals surface area contributed by atoms with Gasteiger partial charge < -0.3 is 82.4 Å². The average Bonchev–Trinajstić information content (AvgIpc) is 3.21. The van der Waals surface area contributed by atoms with Gasteiger partial charge in [0.15, 0.2) is 36.5 Å². The molecule has 0 amide bonds. The third-order valence-electron chi connectivity index (χ3n) is 9.86. The van der Waals surface area contributed by atoms with Gasteiger partial charge in [-0.3, -0.25) is 19.2 Å². The van der Waals surface area contributed by atoms with Crippen molar-refractivity contribution < 1.29 is 125 Å². The molecule has 1 aromatic carbocycles. The topological polar surface area (TPSA) is 333 Å². The van der Waals surface area contributed by atoms with Crippen molar-refractivity contribution in [1.29, 1.82) is 0 Å². The number of benzene rings is 1. The molecule has 0 bridgehead atoms. The Balaban J connectivity index is 1.40. The highest BCUT2D eigenvalue weighted by atomic mass is 19.1. The van der Waals surface area contributed by atoms with Crippen molar-refractivity contribution in [1.82, 2.24) is 0 Å². The molecule has 0 aliphatic carbocycles. The Morgan fingerprint density at radius 2 is 1.36 bits per heavy atom. The Morgan fingerprint density at radius 1 is 0.781 bits per heavy atom. The lowest BCUT2D eigenvalue weighted by Crippen LogP contribution is -2.71. The monoisotopic (exact) mass is 924 g/mol. The molecule has 0 saturated carbocycles. The van der Waals surface area contributed by atoms with Crippen LogP contribution in [0.25, 0.3) is 0 Å². The summed E-state index contributed by atoms with van der Waals surface area (Å²) in [5.74, 6) is -12.1. The van der Waals surface area contributed by atoms with Crippen LogP contribution in [0, 0.1) is 0 Å². The lowest BCUT2D eigenvalue weighted by Gasteiger charge is -2.51. The molecule has 2 unspecified atom stereocenters. The van der Waals surface area contributed by atoms with Crippen LogP contribution < -0.4 is 0 Å². The number of aliphatic hydroxyl groups is 5. The summed E-state index contributed by atoms with van der Waals surface area (Å²) in [6.07, 6.45) is -28.3. The van der Waals surface area contributed by atoms with E-state index in [0.717, 1.165) is 46.9 Å². The second-order valence-electron chi connectivity index (χ2n) is 15.1. The van der Waals surface area contributed by atoms with E-state index in [1.165, 1.54) is 26.0 Å². The second kappa shape index (κ2) is 20.7. The molecule has 26 heteroatoms. The second-order valence-corrected chi connectivity index (χ2v) is 15.1. The molecule has 0 radical (unpaired) electrons. The Labute approximate surface area is 362 Å². The summed E-state index contributed by atoms with van der Waals surface area (Å²) in [4.78, 5) is 87.1. The molecule has 4 aliphatic rings. The largest absolute Gasteiger partial charge is 0.455 e. The molecule has 0 aromatic heterocycles. The van der Waals surface area contributed by atoms with Gasteiger partial charge in [-0.2, -0.15) is 0 Å². The van der Waals surface area contributed by atoms with Crippen molar-refractivity contribution >= 4 is 35.8 Å². The van der Waals surface area contributed by atoms with E-state index in [1.807, 2.05) is 0 Å². The maximum Gasteiger partial charge on any atom is 0.341 e. The lowest BCUT2D eigenvalue weighted by molar-refractivity contribution is -0.441. The molecule has 4 heterocycles. The van der Waals surface area contributed by atoms with Crippen LogP contribution in [0.15, 0.2) is 24.3 Å². The van der Waals surface area contributed by atoms with E-state index in [0.29, 0.717) is 0 Å². The van der Waals surface area contributed by atoms with E-state index in [4.69, 9.17) is 66.6 Å². The van der Waals surface area contributed by atoms with E-state index in [1.54, 1.807) is 0 Å². The quantitative estimate of drug-likeness (QED) is 0.0431. The number of carbonyl (C=O) groups excluding carboxylic acids is 6. The van der Waals surface area contributed by atoms with Gasteiger partial charge in [0.2, 0.25) is 18.7 Å². The molecule has 5 rings (SSSR count). The Bertz CT molecular complexity index is 1860. The number of hydrogen-bond donors (Lipinski definition) is 5. The molecule has 5 N–H and O–H groups in total. The summed E-state index contributed by atoms with van der Waals surface area (Å²) in [5.41, 5.74) is -1.42. The summed E-state index contributed by atoms with van der Waals surface area (Å²) in [6, 6.07) is 4.41. The number of methoxy groups -OCH3 is 1. The molecule has 4 saturated heterocycles. The van der Waals surface area contributed by atoms with E-state index in [-0.39, 0.29) is 6.61 Å². The predicted molar refractivity (Wildman–Crippen MR) is 195 cm³/mol. The van der Waals surface area contributed by atoms with Crippen LogP contribution in [0.2, 0.25) is 0 Å². The summed E-state index contributed by atoms with van der Waals surface area (Å²) >= 11 is 0. The van der Waals surface area contributed by atoms with Crippen molar-refractivity contribution in [2.24, 2.45) is 0 Å². The van der Waals surface area contributed by atoms with Gasteiger partial charge >= 0.3 is 41.6 Å². The van der Waals surface area contributed by atoms with Crippen molar-refractivity contribution in [3.8, 4) is 0 Å². The van der Waals surface area contributed by atoms with E-state index < -0.39 is 157 Å². The Kier molecular flexibility index (Phi) is 16.3. The van der Waals surface area contributed by atoms with Crippen LogP contribution in [0.1, 0.15) is 62.3 Å². The highest BCUT2D eigenvalue weighted by molar-refractivity contribution is 6.03. The van der Waals surface area contributed by atoms with Gasteiger partial charge in [0.25, 0.3) is 6.36 Å². The summed E-state index contributed by atoms with van der Waals surface area (Å²) in [7, 11) is 1.14. The molecule has 358 valence electrons. The first kappa shape index (κ1) is 50.4. The summed E-state index contributed by atoms with van der Waals surface area (Å²) in [5, 5.41) is 53.7. The summed E-state index contributed by atoms with van der Waals surface area (Å²) in [6.45, 7) is 5.58. The van der Waals surface area contributed by atoms with E-state index >= 15 is 4.39 Å². The fraction of sp³-hybridized carbons (Fsp3) is 0.684. The maximum absolute atomic E-state index is 15.7. The number of ether oxygens (including phenoxy) is 12. The first-order chi connectivity index (χ1) is 30.0. The fourth-order valence-electron chi connectivity index (χ4n) is 7.06. The molecule has 64 heavy (non-hydrogen) atoms. The minimum absolute atomic E-state index is 0.280. The van der Waals surface area contributed by atoms with Crippen molar-refractivity contribution in [3.63, 3.8) is 0 Å². The van der Waals surface area contributed by atoms with Crippen LogP contribution in [0.5, 0.6) is 0 Å². The van der Waals surface area contributed by atoms with Gasteiger partial charge in [0, 0.05) is 34.8 Å². The fourth-order valence-corrected chi connectivity index (χ4v) is 7.06.